The molecule has 0 saturated carbocycles. The van der Waals surface area contributed by atoms with E-state index in [-0.39, 0.29) is 5.82 Å². The lowest BCUT2D eigenvalue weighted by atomic mass is 10.2. The summed E-state index contributed by atoms with van der Waals surface area (Å²) in [5, 5.41) is 3.22. The van der Waals surface area contributed by atoms with Gasteiger partial charge in [-0.1, -0.05) is 28.1 Å². The summed E-state index contributed by atoms with van der Waals surface area (Å²) in [5.41, 5.74) is 2.63. The number of aryl methyl sites for hydroxylation is 1. The number of benzene rings is 2. The highest BCUT2D eigenvalue weighted by atomic mass is 79.9. The summed E-state index contributed by atoms with van der Waals surface area (Å²) in [6.07, 6.45) is 0. The van der Waals surface area contributed by atoms with Gasteiger partial charge in [-0.15, -0.1) is 0 Å². The van der Waals surface area contributed by atoms with Crippen molar-refractivity contribution in [2.75, 3.05) is 11.9 Å². The molecule has 0 aliphatic carbocycles. The SMILES string of the molecule is CCOc1cc(C)ccc1NCc1ccc(Br)cc1F. The van der Waals surface area contributed by atoms with E-state index in [2.05, 4.69) is 21.2 Å². The van der Waals surface area contributed by atoms with Crippen LogP contribution in [0.3, 0.4) is 0 Å². The molecular weight excluding hydrogens is 321 g/mol. The zero-order chi connectivity index (χ0) is 14.5. The van der Waals surface area contributed by atoms with E-state index in [1.807, 2.05) is 38.1 Å². The molecule has 106 valence electrons. The Bertz CT molecular complexity index is 601. The molecule has 0 aromatic heterocycles. The highest BCUT2D eigenvalue weighted by Gasteiger charge is 2.06. The predicted octanol–water partition coefficient (Wildman–Crippen LogP) is 4.91. The molecule has 20 heavy (non-hydrogen) atoms. The van der Waals surface area contributed by atoms with Crippen molar-refractivity contribution in [1.29, 1.82) is 0 Å². The van der Waals surface area contributed by atoms with Gasteiger partial charge in [-0.05, 0) is 43.7 Å². The van der Waals surface area contributed by atoms with Crippen molar-refractivity contribution in [2.45, 2.75) is 20.4 Å². The van der Waals surface area contributed by atoms with E-state index >= 15 is 0 Å². The third-order valence-corrected chi connectivity index (χ3v) is 3.41. The molecule has 1 N–H and O–H groups in total. The number of halogens is 2. The van der Waals surface area contributed by atoms with Crippen molar-refractivity contribution < 1.29 is 9.13 Å². The Morgan fingerprint density at radius 2 is 2.00 bits per heavy atom. The van der Waals surface area contributed by atoms with Crippen LogP contribution in [0.1, 0.15) is 18.1 Å². The fraction of sp³-hybridized carbons (Fsp3) is 0.250. The Morgan fingerprint density at radius 1 is 1.20 bits per heavy atom. The normalized spacial score (nSPS) is 10.4. The molecule has 0 radical (unpaired) electrons. The minimum Gasteiger partial charge on any atom is -0.492 e. The van der Waals surface area contributed by atoms with Crippen LogP contribution in [0, 0.1) is 12.7 Å². The van der Waals surface area contributed by atoms with Crippen LogP contribution in [0.4, 0.5) is 10.1 Å². The third-order valence-electron chi connectivity index (χ3n) is 2.92. The van der Waals surface area contributed by atoms with Gasteiger partial charge in [0.2, 0.25) is 0 Å². The number of hydrogen-bond acceptors (Lipinski definition) is 2. The van der Waals surface area contributed by atoms with Crippen LogP contribution >= 0.6 is 15.9 Å². The largest absolute Gasteiger partial charge is 0.492 e. The van der Waals surface area contributed by atoms with E-state index in [1.54, 1.807) is 6.07 Å². The molecule has 0 heterocycles. The molecule has 0 amide bonds. The van der Waals surface area contributed by atoms with Crippen LogP contribution in [-0.4, -0.2) is 6.61 Å². The summed E-state index contributed by atoms with van der Waals surface area (Å²) in [6, 6.07) is 11.0. The number of hydrogen-bond donors (Lipinski definition) is 1. The maximum atomic E-state index is 13.8. The minimum atomic E-state index is -0.225. The lowest BCUT2D eigenvalue weighted by Gasteiger charge is -2.13. The average molecular weight is 338 g/mol. The Hall–Kier alpha value is -1.55. The summed E-state index contributed by atoms with van der Waals surface area (Å²) >= 11 is 3.25. The molecular formula is C16H17BrFNO. The fourth-order valence-corrected chi connectivity index (χ4v) is 2.24. The Morgan fingerprint density at radius 3 is 2.70 bits per heavy atom. The van der Waals surface area contributed by atoms with Crippen molar-refractivity contribution in [1.82, 2.24) is 0 Å². The highest BCUT2D eigenvalue weighted by Crippen LogP contribution is 2.26. The third kappa shape index (κ3) is 3.73. The van der Waals surface area contributed by atoms with Gasteiger partial charge in [0.15, 0.2) is 0 Å². The molecule has 0 fully saturated rings. The van der Waals surface area contributed by atoms with E-state index in [4.69, 9.17) is 4.74 Å². The Balaban J connectivity index is 2.14. The molecule has 0 saturated heterocycles. The van der Waals surface area contributed by atoms with Crippen LogP contribution in [0.5, 0.6) is 5.75 Å². The fourth-order valence-electron chi connectivity index (χ4n) is 1.91. The summed E-state index contributed by atoms with van der Waals surface area (Å²) in [4.78, 5) is 0. The average Bonchev–Trinajstić information content (AvgIpc) is 2.40. The quantitative estimate of drug-likeness (QED) is 0.837. The monoisotopic (exact) mass is 337 g/mol. The first kappa shape index (κ1) is 14.9. The molecule has 0 spiro atoms. The standard InChI is InChI=1S/C16H17BrFNO/c1-3-20-16-8-11(2)4-7-15(16)19-10-12-5-6-13(17)9-14(12)18/h4-9,19H,3,10H2,1-2H3. The van der Waals surface area contributed by atoms with Gasteiger partial charge in [-0.2, -0.15) is 0 Å². The van der Waals surface area contributed by atoms with E-state index in [0.29, 0.717) is 18.7 Å². The molecule has 0 atom stereocenters. The summed E-state index contributed by atoms with van der Waals surface area (Å²) in [7, 11) is 0. The molecule has 2 aromatic rings. The van der Waals surface area contributed by atoms with Crippen molar-refractivity contribution in [2.24, 2.45) is 0 Å². The van der Waals surface area contributed by atoms with Gasteiger partial charge < -0.3 is 10.1 Å². The number of rotatable bonds is 5. The smallest absolute Gasteiger partial charge is 0.142 e. The second-order valence-electron chi connectivity index (χ2n) is 4.52. The first-order valence-corrected chi connectivity index (χ1v) is 7.30. The van der Waals surface area contributed by atoms with Gasteiger partial charge in [-0.25, -0.2) is 4.39 Å². The van der Waals surface area contributed by atoms with Crippen LogP contribution < -0.4 is 10.1 Å². The van der Waals surface area contributed by atoms with Crippen LogP contribution in [-0.2, 0) is 6.54 Å². The molecule has 2 nitrogen and oxygen atoms in total. The molecule has 4 heteroatoms. The maximum Gasteiger partial charge on any atom is 0.142 e. The van der Waals surface area contributed by atoms with E-state index in [1.165, 1.54) is 6.07 Å². The van der Waals surface area contributed by atoms with Crippen LogP contribution in [0.2, 0.25) is 0 Å². The van der Waals surface area contributed by atoms with Gasteiger partial charge >= 0.3 is 0 Å². The second-order valence-corrected chi connectivity index (χ2v) is 5.44. The molecule has 2 rings (SSSR count). The Kier molecular flexibility index (Phi) is 5.01. The first-order chi connectivity index (χ1) is 9.60. The van der Waals surface area contributed by atoms with E-state index < -0.39 is 0 Å². The number of anilines is 1. The minimum absolute atomic E-state index is 0.225. The van der Waals surface area contributed by atoms with Gasteiger partial charge in [0.25, 0.3) is 0 Å². The van der Waals surface area contributed by atoms with Gasteiger partial charge in [0, 0.05) is 16.6 Å². The number of ether oxygens (including phenoxy) is 1. The van der Waals surface area contributed by atoms with Crippen molar-refractivity contribution in [3.63, 3.8) is 0 Å². The van der Waals surface area contributed by atoms with E-state index in [9.17, 15) is 4.39 Å². The van der Waals surface area contributed by atoms with Gasteiger partial charge in [0.05, 0.1) is 12.3 Å². The van der Waals surface area contributed by atoms with Gasteiger partial charge in [0.1, 0.15) is 11.6 Å². The second kappa shape index (κ2) is 6.75. The molecule has 0 unspecified atom stereocenters. The zero-order valence-corrected chi connectivity index (χ0v) is 13.1. The van der Waals surface area contributed by atoms with Crippen molar-refractivity contribution in [3.8, 4) is 5.75 Å². The molecule has 0 aliphatic rings. The topological polar surface area (TPSA) is 21.3 Å². The molecule has 0 bridgehead atoms. The van der Waals surface area contributed by atoms with Crippen LogP contribution in [0.15, 0.2) is 40.9 Å². The zero-order valence-electron chi connectivity index (χ0n) is 11.5. The lowest BCUT2D eigenvalue weighted by molar-refractivity contribution is 0.341. The highest BCUT2D eigenvalue weighted by molar-refractivity contribution is 9.10. The van der Waals surface area contributed by atoms with Crippen LogP contribution in [0.25, 0.3) is 0 Å². The Labute approximate surface area is 127 Å². The first-order valence-electron chi connectivity index (χ1n) is 6.51. The van der Waals surface area contributed by atoms with Crippen molar-refractivity contribution in [3.05, 3.63) is 57.8 Å². The summed E-state index contributed by atoms with van der Waals surface area (Å²) < 4.78 is 20.1. The molecule has 2 aromatic carbocycles. The van der Waals surface area contributed by atoms with Gasteiger partial charge in [-0.3, -0.25) is 0 Å². The summed E-state index contributed by atoms with van der Waals surface area (Å²) in [6.45, 7) is 4.98. The maximum absolute atomic E-state index is 13.8. The lowest BCUT2D eigenvalue weighted by Crippen LogP contribution is -2.04. The van der Waals surface area contributed by atoms with Crippen molar-refractivity contribution >= 4 is 21.6 Å². The summed E-state index contributed by atoms with van der Waals surface area (Å²) in [5.74, 6) is 0.571. The van der Waals surface area contributed by atoms with E-state index in [0.717, 1.165) is 21.5 Å². The predicted molar refractivity (Wildman–Crippen MR) is 83.8 cm³/mol. The molecule has 0 aliphatic heterocycles. The number of nitrogens with one attached hydrogen (secondary N) is 1.